The quantitative estimate of drug-likeness (QED) is 0.318. The van der Waals surface area contributed by atoms with Crippen LogP contribution in [0, 0.1) is 0 Å². The number of pyridine rings is 1. The van der Waals surface area contributed by atoms with Gasteiger partial charge in [-0.1, -0.05) is 0 Å². The van der Waals surface area contributed by atoms with Crippen molar-refractivity contribution in [3.05, 3.63) is 36.5 Å². The number of phenolic OH excluding ortho intramolecular Hbond substituents is 1. The molecular weight excluding hydrogens is 374 g/mol. The molecule has 9 nitrogen and oxygen atoms in total. The SMILES string of the molecule is CCOC(=O)/C(C)=N/Nc1ccc(Oc2ccc(S(C)(=O)=O)nc2)cc1O. The average Bonchev–Trinajstić information content (AvgIpc) is 2.60. The highest BCUT2D eigenvalue weighted by Crippen LogP contribution is 2.30. The molecule has 0 aliphatic heterocycles. The monoisotopic (exact) mass is 393 g/mol. The predicted octanol–water partition coefficient (Wildman–Crippen LogP) is 2.33. The Kier molecular flexibility index (Phi) is 6.35. The molecule has 2 aromatic rings. The van der Waals surface area contributed by atoms with Crippen molar-refractivity contribution < 1.29 is 27.8 Å². The standard InChI is InChI=1S/C17H19N3O6S/c1-4-25-17(22)11(2)19-20-14-7-5-12(9-15(14)21)26-13-6-8-16(18-10-13)27(3,23)24/h5-10,20-21H,4H2,1-3H3/b19-11+. The molecule has 1 aromatic heterocycles. The van der Waals surface area contributed by atoms with E-state index in [1.54, 1.807) is 13.0 Å². The first-order valence-corrected chi connectivity index (χ1v) is 9.74. The highest BCUT2D eigenvalue weighted by atomic mass is 32.2. The number of carbonyl (C=O) groups is 1. The molecule has 0 radical (unpaired) electrons. The zero-order valence-corrected chi connectivity index (χ0v) is 15.8. The number of nitrogens with zero attached hydrogens (tertiary/aromatic N) is 2. The smallest absolute Gasteiger partial charge is 0.354 e. The minimum Gasteiger partial charge on any atom is -0.506 e. The fraction of sp³-hybridized carbons (Fsp3) is 0.235. The molecule has 0 atom stereocenters. The van der Waals surface area contributed by atoms with Gasteiger partial charge in [0.2, 0.25) is 0 Å². The average molecular weight is 393 g/mol. The molecule has 1 aromatic carbocycles. The van der Waals surface area contributed by atoms with Gasteiger partial charge >= 0.3 is 5.97 Å². The van der Waals surface area contributed by atoms with E-state index >= 15 is 0 Å². The number of esters is 1. The molecule has 0 saturated carbocycles. The van der Waals surface area contributed by atoms with Crippen molar-refractivity contribution in [2.45, 2.75) is 18.9 Å². The van der Waals surface area contributed by atoms with Gasteiger partial charge in [0.15, 0.2) is 14.9 Å². The number of ether oxygens (including phenoxy) is 2. The largest absolute Gasteiger partial charge is 0.506 e. The van der Waals surface area contributed by atoms with Crippen LogP contribution in [0.25, 0.3) is 0 Å². The second kappa shape index (κ2) is 8.49. The summed E-state index contributed by atoms with van der Waals surface area (Å²) in [6.45, 7) is 3.41. The predicted molar refractivity (Wildman–Crippen MR) is 98.9 cm³/mol. The third kappa shape index (κ3) is 5.68. The topological polar surface area (TPSA) is 127 Å². The number of carbonyl (C=O) groups excluding carboxylic acids is 1. The van der Waals surface area contributed by atoms with Crippen LogP contribution in [-0.2, 0) is 19.4 Å². The number of hydrazone groups is 1. The number of anilines is 1. The van der Waals surface area contributed by atoms with E-state index in [1.165, 1.54) is 37.4 Å². The minimum absolute atomic E-state index is 0.0629. The Balaban J connectivity index is 2.08. The number of phenols is 1. The van der Waals surface area contributed by atoms with Crippen LogP contribution in [0.5, 0.6) is 17.2 Å². The van der Waals surface area contributed by atoms with E-state index in [-0.39, 0.29) is 28.8 Å². The first-order valence-electron chi connectivity index (χ1n) is 7.85. The van der Waals surface area contributed by atoms with E-state index in [1.807, 2.05) is 0 Å². The van der Waals surface area contributed by atoms with Gasteiger partial charge in [-0.15, -0.1) is 0 Å². The van der Waals surface area contributed by atoms with Crippen molar-refractivity contribution in [1.29, 1.82) is 0 Å². The molecular formula is C17H19N3O6S. The fourth-order valence-electron chi connectivity index (χ4n) is 1.88. The van der Waals surface area contributed by atoms with E-state index < -0.39 is 15.8 Å². The summed E-state index contributed by atoms with van der Waals surface area (Å²) in [5.74, 6) is -0.111. The maximum Gasteiger partial charge on any atom is 0.354 e. The first kappa shape index (κ1) is 20.2. The van der Waals surface area contributed by atoms with Gasteiger partial charge in [-0.25, -0.2) is 18.2 Å². The Hall–Kier alpha value is -3.14. The van der Waals surface area contributed by atoms with E-state index in [0.717, 1.165) is 6.26 Å². The normalized spacial score (nSPS) is 11.7. The molecule has 0 aliphatic rings. The lowest BCUT2D eigenvalue weighted by Crippen LogP contribution is -2.15. The van der Waals surface area contributed by atoms with E-state index in [0.29, 0.717) is 11.5 Å². The van der Waals surface area contributed by atoms with Crippen LogP contribution in [-0.4, -0.2) is 43.1 Å². The van der Waals surface area contributed by atoms with Gasteiger partial charge in [-0.05, 0) is 38.1 Å². The van der Waals surface area contributed by atoms with Crippen LogP contribution in [0.2, 0.25) is 0 Å². The summed E-state index contributed by atoms with van der Waals surface area (Å²) in [7, 11) is -3.39. The number of rotatable bonds is 7. The molecule has 2 rings (SSSR count). The summed E-state index contributed by atoms with van der Waals surface area (Å²) in [4.78, 5) is 15.3. The molecule has 0 spiro atoms. The van der Waals surface area contributed by atoms with Crippen molar-refractivity contribution >= 4 is 27.2 Å². The number of hydrogen-bond donors (Lipinski definition) is 2. The third-order valence-corrected chi connectivity index (χ3v) is 4.21. The van der Waals surface area contributed by atoms with Crippen LogP contribution in [0.4, 0.5) is 5.69 Å². The molecule has 10 heteroatoms. The second-order valence-electron chi connectivity index (χ2n) is 5.41. The molecule has 0 aliphatic carbocycles. The lowest BCUT2D eigenvalue weighted by Gasteiger charge is -2.09. The third-order valence-electron chi connectivity index (χ3n) is 3.21. The summed E-state index contributed by atoms with van der Waals surface area (Å²) in [5.41, 5.74) is 2.94. The van der Waals surface area contributed by atoms with Crippen LogP contribution in [0.15, 0.2) is 46.7 Å². The van der Waals surface area contributed by atoms with Crippen molar-refractivity contribution in [2.24, 2.45) is 5.10 Å². The van der Waals surface area contributed by atoms with Gasteiger partial charge in [-0.2, -0.15) is 5.10 Å². The summed E-state index contributed by atoms with van der Waals surface area (Å²) >= 11 is 0. The van der Waals surface area contributed by atoms with E-state index in [4.69, 9.17) is 9.47 Å². The maximum absolute atomic E-state index is 11.5. The van der Waals surface area contributed by atoms with Gasteiger partial charge in [0, 0.05) is 12.3 Å². The fourth-order valence-corrected chi connectivity index (χ4v) is 2.44. The lowest BCUT2D eigenvalue weighted by atomic mass is 10.3. The Labute approximate surface area is 156 Å². The number of sulfone groups is 1. The number of nitrogens with one attached hydrogen (secondary N) is 1. The highest BCUT2D eigenvalue weighted by molar-refractivity contribution is 7.90. The molecule has 0 unspecified atom stereocenters. The molecule has 2 N–H and O–H groups in total. The lowest BCUT2D eigenvalue weighted by molar-refractivity contribution is -0.135. The highest BCUT2D eigenvalue weighted by Gasteiger charge is 2.10. The molecule has 0 bridgehead atoms. The molecule has 144 valence electrons. The second-order valence-corrected chi connectivity index (χ2v) is 7.38. The molecule has 0 fully saturated rings. The van der Waals surface area contributed by atoms with Gasteiger partial charge in [0.1, 0.15) is 23.0 Å². The van der Waals surface area contributed by atoms with Crippen molar-refractivity contribution in [1.82, 2.24) is 4.98 Å². The molecule has 27 heavy (non-hydrogen) atoms. The zero-order chi connectivity index (χ0) is 20.0. The number of benzene rings is 1. The summed E-state index contributed by atoms with van der Waals surface area (Å²) in [5, 5.41) is 13.8. The van der Waals surface area contributed by atoms with Crippen molar-refractivity contribution in [3.63, 3.8) is 0 Å². The van der Waals surface area contributed by atoms with Crippen LogP contribution < -0.4 is 10.2 Å². The van der Waals surface area contributed by atoms with E-state index in [2.05, 4.69) is 15.5 Å². The Bertz CT molecular complexity index is 955. The molecule has 0 saturated heterocycles. The number of aromatic nitrogens is 1. The molecule has 1 heterocycles. The van der Waals surface area contributed by atoms with Crippen LogP contribution in [0.3, 0.4) is 0 Å². The van der Waals surface area contributed by atoms with Crippen LogP contribution >= 0.6 is 0 Å². The number of hydrogen-bond acceptors (Lipinski definition) is 9. The van der Waals surface area contributed by atoms with Crippen molar-refractivity contribution in [2.75, 3.05) is 18.3 Å². The van der Waals surface area contributed by atoms with Gasteiger partial charge < -0.3 is 14.6 Å². The first-order chi connectivity index (χ1) is 12.7. The van der Waals surface area contributed by atoms with Crippen LogP contribution in [0.1, 0.15) is 13.8 Å². The summed E-state index contributed by atoms with van der Waals surface area (Å²) in [6, 6.07) is 7.18. The van der Waals surface area contributed by atoms with Crippen molar-refractivity contribution in [3.8, 4) is 17.2 Å². The Morgan fingerprint density at radius 2 is 1.96 bits per heavy atom. The summed E-state index contributed by atoms with van der Waals surface area (Å²) in [6.07, 6.45) is 2.33. The summed E-state index contributed by atoms with van der Waals surface area (Å²) < 4.78 is 33.1. The number of aromatic hydroxyl groups is 1. The minimum atomic E-state index is -3.39. The van der Waals surface area contributed by atoms with Gasteiger partial charge in [-0.3, -0.25) is 5.43 Å². The van der Waals surface area contributed by atoms with Gasteiger partial charge in [0.05, 0.1) is 18.5 Å². The van der Waals surface area contributed by atoms with Gasteiger partial charge in [0.25, 0.3) is 0 Å². The Morgan fingerprint density at radius 1 is 1.26 bits per heavy atom. The maximum atomic E-state index is 11.5. The molecule has 0 amide bonds. The zero-order valence-electron chi connectivity index (χ0n) is 15.0. The Morgan fingerprint density at radius 3 is 2.52 bits per heavy atom. The van der Waals surface area contributed by atoms with E-state index in [9.17, 15) is 18.3 Å².